The van der Waals surface area contributed by atoms with Gasteiger partial charge in [0.15, 0.2) is 11.0 Å². The number of carbonyl (C=O) groups is 1. The van der Waals surface area contributed by atoms with E-state index in [9.17, 15) is 9.90 Å². The Morgan fingerprint density at radius 1 is 1.43 bits per heavy atom. The first kappa shape index (κ1) is 13.9. The topological polar surface area (TPSA) is 88.2 Å². The summed E-state index contributed by atoms with van der Waals surface area (Å²) in [6.07, 6.45) is 2.12. The van der Waals surface area contributed by atoms with E-state index in [0.717, 1.165) is 29.8 Å². The molecule has 0 spiro atoms. The number of aryl methyl sites for hydroxylation is 1. The van der Waals surface area contributed by atoms with Crippen LogP contribution in [0.1, 0.15) is 24.4 Å². The molecule has 1 heterocycles. The van der Waals surface area contributed by atoms with Crippen LogP contribution in [-0.2, 0) is 4.79 Å². The molecule has 1 aromatic heterocycles. The van der Waals surface area contributed by atoms with Gasteiger partial charge in [0.2, 0.25) is 0 Å². The van der Waals surface area contributed by atoms with Gasteiger partial charge in [-0.2, -0.15) is 0 Å². The van der Waals surface area contributed by atoms with Gasteiger partial charge in [-0.15, -0.1) is 10.2 Å². The van der Waals surface area contributed by atoms with Gasteiger partial charge in [0.25, 0.3) is 0 Å². The maximum atomic E-state index is 10.7. The van der Waals surface area contributed by atoms with Crippen LogP contribution < -0.4 is 0 Å². The van der Waals surface area contributed by atoms with E-state index in [-0.39, 0.29) is 11.5 Å². The summed E-state index contributed by atoms with van der Waals surface area (Å²) in [6, 6.07) is 5.65. The number of nitrogens with zero attached hydrogens (tertiary/aromatic N) is 3. The van der Waals surface area contributed by atoms with Crippen LogP contribution in [0.15, 0.2) is 23.4 Å². The molecule has 1 aliphatic rings. The van der Waals surface area contributed by atoms with Crippen LogP contribution in [0.2, 0.25) is 0 Å². The normalized spacial score (nSPS) is 14.3. The van der Waals surface area contributed by atoms with Gasteiger partial charge < -0.3 is 10.2 Å². The van der Waals surface area contributed by atoms with E-state index < -0.39 is 5.97 Å². The van der Waals surface area contributed by atoms with E-state index in [1.165, 1.54) is 11.8 Å². The molecule has 0 radical (unpaired) electrons. The lowest BCUT2D eigenvalue weighted by Crippen LogP contribution is -2.03. The zero-order chi connectivity index (χ0) is 15.0. The Morgan fingerprint density at radius 3 is 2.81 bits per heavy atom. The first-order chi connectivity index (χ1) is 10.1. The minimum atomic E-state index is -0.868. The van der Waals surface area contributed by atoms with E-state index in [4.69, 9.17) is 5.11 Å². The van der Waals surface area contributed by atoms with Gasteiger partial charge in [0.05, 0.1) is 5.75 Å². The highest BCUT2D eigenvalue weighted by molar-refractivity contribution is 7.99. The predicted molar refractivity (Wildman–Crippen MR) is 78.5 cm³/mol. The number of hydrogen-bond acceptors (Lipinski definition) is 5. The Morgan fingerprint density at radius 2 is 2.19 bits per heavy atom. The fourth-order valence-electron chi connectivity index (χ4n) is 2.16. The molecule has 21 heavy (non-hydrogen) atoms. The average molecular weight is 305 g/mol. The molecular weight excluding hydrogens is 290 g/mol. The zero-order valence-corrected chi connectivity index (χ0v) is 12.3. The van der Waals surface area contributed by atoms with Gasteiger partial charge in [-0.3, -0.25) is 9.36 Å². The SMILES string of the molecule is Cc1cc(-c2nnc(SCC(=O)O)n2C2CC2)ccc1O. The first-order valence-corrected chi connectivity index (χ1v) is 7.64. The molecule has 0 atom stereocenters. The largest absolute Gasteiger partial charge is 0.508 e. The van der Waals surface area contributed by atoms with Crippen molar-refractivity contribution in [3.63, 3.8) is 0 Å². The van der Waals surface area contributed by atoms with Crippen LogP contribution in [0, 0.1) is 6.92 Å². The molecule has 110 valence electrons. The lowest BCUT2D eigenvalue weighted by atomic mass is 10.1. The van der Waals surface area contributed by atoms with E-state index in [1.54, 1.807) is 12.1 Å². The molecule has 1 fully saturated rings. The molecule has 7 heteroatoms. The molecule has 2 N–H and O–H groups in total. The molecule has 3 rings (SSSR count). The summed E-state index contributed by atoms with van der Waals surface area (Å²) in [4.78, 5) is 10.7. The van der Waals surface area contributed by atoms with Crippen LogP contribution in [0.5, 0.6) is 5.75 Å². The van der Waals surface area contributed by atoms with Gasteiger partial charge in [-0.25, -0.2) is 0 Å². The fraction of sp³-hybridized carbons (Fsp3) is 0.357. The third kappa shape index (κ3) is 2.87. The molecule has 0 bridgehead atoms. The molecule has 0 saturated heterocycles. The number of rotatable bonds is 5. The summed E-state index contributed by atoms with van der Waals surface area (Å²) < 4.78 is 2.01. The average Bonchev–Trinajstić information content (AvgIpc) is 3.19. The number of aromatic hydroxyl groups is 1. The maximum absolute atomic E-state index is 10.7. The van der Waals surface area contributed by atoms with Crippen molar-refractivity contribution in [3.8, 4) is 17.1 Å². The standard InChI is InChI=1S/C14H15N3O3S/c1-8-6-9(2-5-11(8)18)13-15-16-14(21-7-12(19)20)17(13)10-3-4-10/h2,5-6,10,18H,3-4,7H2,1H3,(H,19,20). The molecule has 1 aromatic carbocycles. The Labute approximate surface area is 125 Å². The van der Waals surface area contributed by atoms with Gasteiger partial charge in [-0.1, -0.05) is 11.8 Å². The third-order valence-electron chi connectivity index (χ3n) is 3.36. The smallest absolute Gasteiger partial charge is 0.313 e. The number of phenolic OH excluding ortho intramolecular Hbond substituents is 1. The summed E-state index contributed by atoms with van der Waals surface area (Å²) in [7, 11) is 0. The van der Waals surface area contributed by atoms with Crippen LogP contribution in [-0.4, -0.2) is 36.7 Å². The quantitative estimate of drug-likeness (QED) is 0.825. The Bertz CT molecular complexity index is 695. The van der Waals surface area contributed by atoms with Gasteiger partial charge in [-0.05, 0) is 43.5 Å². The summed E-state index contributed by atoms with van der Waals surface area (Å²) >= 11 is 1.19. The van der Waals surface area contributed by atoms with Crippen LogP contribution in [0.25, 0.3) is 11.4 Å². The van der Waals surface area contributed by atoms with E-state index >= 15 is 0 Å². The minimum Gasteiger partial charge on any atom is -0.508 e. The van der Waals surface area contributed by atoms with Crippen molar-refractivity contribution >= 4 is 17.7 Å². The van der Waals surface area contributed by atoms with Crippen molar-refractivity contribution in [1.82, 2.24) is 14.8 Å². The second-order valence-electron chi connectivity index (χ2n) is 5.09. The van der Waals surface area contributed by atoms with Crippen LogP contribution in [0.3, 0.4) is 0 Å². The Hall–Kier alpha value is -2.02. The lowest BCUT2D eigenvalue weighted by molar-refractivity contribution is -0.133. The van der Waals surface area contributed by atoms with E-state index in [0.29, 0.717) is 11.2 Å². The number of carboxylic acid groups (broad SMARTS) is 1. The number of carboxylic acids is 1. The van der Waals surface area contributed by atoms with E-state index in [1.807, 2.05) is 17.6 Å². The summed E-state index contributed by atoms with van der Waals surface area (Å²) in [5, 5.41) is 27.4. The van der Waals surface area contributed by atoms with Gasteiger partial charge in [0, 0.05) is 11.6 Å². The second kappa shape index (κ2) is 5.40. The molecule has 0 unspecified atom stereocenters. The summed E-state index contributed by atoms with van der Waals surface area (Å²) in [5.41, 5.74) is 1.66. The molecular formula is C14H15N3O3S. The third-order valence-corrected chi connectivity index (χ3v) is 4.28. The van der Waals surface area contributed by atoms with Crippen molar-refractivity contribution in [3.05, 3.63) is 23.8 Å². The molecule has 1 aliphatic carbocycles. The molecule has 1 saturated carbocycles. The van der Waals surface area contributed by atoms with Gasteiger partial charge >= 0.3 is 5.97 Å². The number of aromatic nitrogens is 3. The number of hydrogen-bond donors (Lipinski definition) is 2. The highest BCUT2D eigenvalue weighted by atomic mass is 32.2. The van der Waals surface area contributed by atoms with Crippen molar-refractivity contribution in [2.75, 3.05) is 5.75 Å². The van der Waals surface area contributed by atoms with Crippen molar-refractivity contribution in [1.29, 1.82) is 0 Å². The summed E-state index contributed by atoms with van der Waals surface area (Å²) in [6.45, 7) is 1.83. The van der Waals surface area contributed by atoms with E-state index in [2.05, 4.69) is 10.2 Å². The number of aliphatic carboxylic acids is 1. The van der Waals surface area contributed by atoms with Crippen molar-refractivity contribution < 1.29 is 15.0 Å². The molecule has 0 aliphatic heterocycles. The van der Waals surface area contributed by atoms with Crippen molar-refractivity contribution in [2.24, 2.45) is 0 Å². The first-order valence-electron chi connectivity index (χ1n) is 6.65. The van der Waals surface area contributed by atoms with Crippen molar-refractivity contribution in [2.45, 2.75) is 31.0 Å². The molecule has 0 amide bonds. The summed E-state index contributed by atoms with van der Waals surface area (Å²) in [5.74, 6) is 0.0806. The lowest BCUT2D eigenvalue weighted by Gasteiger charge is -2.09. The molecule has 2 aromatic rings. The molecule has 6 nitrogen and oxygen atoms in total. The van der Waals surface area contributed by atoms with Crippen LogP contribution >= 0.6 is 11.8 Å². The van der Waals surface area contributed by atoms with Gasteiger partial charge in [0.1, 0.15) is 5.75 Å². The Kier molecular flexibility index (Phi) is 3.59. The maximum Gasteiger partial charge on any atom is 0.313 e. The second-order valence-corrected chi connectivity index (χ2v) is 6.03. The van der Waals surface area contributed by atoms with Crippen LogP contribution in [0.4, 0.5) is 0 Å². The number of thioether (sulfide) groups is 1. The number of phenols is 1. The zero-order valence-electron chi connectivity index (χ0n) is 11.5. The highest BCUT2D eigenvalue weighted by Crippen LogP contribution is 2.41. The fourth-order valence-corrected chi connectivity index (χ4v) is 2.88. The number of benzene rings is 1. The minimum absolute atomic E-state index is 0.0283. The highest BCUT2D eigenvalue weighted by Gasteiger charge is 2.30. The monoisotopic (exact) mass is 305 g/mol. The predicted octanol–water partition coefficient (Wildman–Crippen LogP) is 2.47. The Balaban J connectivity index is 1.98.